The Morgan fingerprint density at radius 3 is 2.82 bits per heavy atom. The van der Waals surface area contributed by atoms with Crippen LogP contribution in [0.4, 0.5) is 5.69 Å². The van der Waals surface area contributed by atoms with Gasteiger partial charge in [-0.05, 0) is 31.0 Å². The van der Waals surface area contributed by atoms with Gasteiger partial charge < -0.3 is 9.63 Å². The maximum atomic E-state index is 10.6. The highest BCUT2D eigenvalue weighted by molar-refractivity contribution is 5.56. The first-order valence-corrected chi connectivity index (χ1v) is 7.06. The molecule has 1 aromatic heterocycles. The van der Waals surface area contributed by atoms with Crippen molar-refractivity contribution in [3.8, 4) is 11.4 Å². The van der Waals surface area contributed by atoms with Crippen LogP contribution >= 0.6 is 0 Å². The number of aliphatic hydroxyl groups excluding tert-OH is 1. The molecule has 1 aromatic carbocycles. The fourth-order valence-corrected chi connectivity index (χ4v) is 2.57. The summed E-state index contributed by atoms with van der Waals surface area (Å²) in [6.07, 6.45) is 0.972. The molecular weight excluding hydrogens is 288 g/mol. The lowest BCUT2D eigenvalue weighted by Gasteiger charge is -2.11. The predicted molar refractivity (Wildman–Crippen MR) is 76.9 cm³/mol. The molecule has 1 aliphatic rings. The van der Waals surface area contributed by atoms with Gasteiger partial charge in [-0.2, -0.15) is 4.98 Å². The first-order chi connectivity index (χ1) is 10.7. The zero-order valence-electron chi connectivity index (χ0n) is 11.9. The second kappa shape index (κ2) is 6.20. The van der Waals surface area contributed by atoms with Gasteiger partial charge in [0.05, 0.1) is 11.5 Å². The average molecular weight is 304 g/mol. The molecule has 1 unspecified atom stereocenters. The second-order valence-electron chi connectivity index (χ2n) is 5.39. The molecule has 1 fully saturated rings. The molecule has 3 rings (SSSR count). The maximum Gasteiger partial charge on any atom is 0.269 e. The highest BCUT2D eigenvalue weighted by Crippen LogP contribution is 2.21. The Kier molecular flexibility index (Phi) is 4.12. The van der Waals surface area contributed by atoms with Gasteiger partial charge >= 0.3 is 0 Å². The molecule has 8 heteroatoms. The Balaban J connectivity index is 1.67. The van der Waals surface area contributed by atoms with Crippen molar-refractivity contribution in [1.82, 2.24) is 15.0 Å². The number of non-ortho nitro benzene ring substituents is 1. The van der Waals surface area contributed by atoms with E-state index in [1.165, 1.54) is 12.1 Å². The standard InChI is InChI=1S/C14H16N4O4/c19-9-10-5-6-17(7-10)8-13-15-14(16-22-13)11-1-3-12(4-2-11)18(20)21/h1-4,10,19H,5-9H2. The molecule has 0 saturated carbocycles. The normalized spacial score (nSPS) is 18.7. The third-order valence-corrected chi connectivity index (χ3v) is 3.79. The second-order valence-corrected chi connectivity index (χ2v) is 5.39. The highest BCUT2D eigenvalue weighted by Gasteiger charge is 2.23. The molecule has 116 valence electrons. The van der Waals surface area contributed by atoms with Gasteiger partial charge in [0.25, 0.3) is 5.69 Å². The van der Waals surface area contributed by atoms with Crippen LogP contribution in [-0.4, -0.2) is 44.8 Å². The van der Waals surface area contributed by atoms with Crippen molar-refractivity contribution in [3.05, 3.63) is 40.3 Å². The van der Waals surface area contributed by atoms with Gasteiger partial charge in [-0.25, -0.2) is 0 Å². The van der Waals surface area contributed by atoms with Crippen LogP contribution in [0.25, 0.3) is 11.4 Å². The van der Waals surface area contributed by atoms with E-state index in [1.54, 1.807) is 12.1 Å². The van der Waals surface area contributed by atoms with Crippen LogP contribution in [0.15, 0.2) is 28.8 Å². The average Bonchev–Trinajstić information content (AvgIpc) is 3.17. The van der Waals surface area contributed by atoms with E-state index in [2.05, 4.69) is 15.0 Å². The van der Waals surface area contributed by atoms with Crippen LogP contribution in [-0.2, 0) is 6.54 Å². The molecule has 2 aromatic rings. The zero-order chi connectivity index (χ0) is 15.5. The van der Waals surface area contributed by atoms with Gasteiger partial charge in [-0.15, -0.1) is 0 Å². The van der Waals surface area contributed by atoms with Crippen molar-refractivity contribution >= 4 is 5.69 Å². The maximum absolute atomic E-state index is 10.6. The Labute approximate surface area is 126 Å². The Bertz CT molecular complexity index is 655. The monoisotopic (exact) mass is 304 g/mol. The van der Waals surface area contributed by atoms with E-state index in [-0.39, 0.29) is 12.3 Å². The predicted octanol–water partition coefficient (Wildman–Crippen LogP) is 1.46. The van der Waals surface area contributed by atoms with Crippen molar-refractivity contribution in [3.63, 3.8) is 0 Å². The van der Waals surface area contributed by atoms with Gasteiger partial charge in [0.1, 0.15) is 0 Å². The van der Waals surface area contributed by atoms with Gasteiger partial charge in [-0.3, -0.25) is 15.0 Å². The van der Waals surface area contributed by atoms with Crippen LogP contribution in [0.2, 0.25) is 0 Å². The molecule has 1 saturated heterocycles. The van der Waals surface area contributed by atoms with E-state index in [0.29, 0.717) is 29.7 Å². The van der Waals surface area contributed by atoms with Crippen molar-refractivity contribution < 1.29 is 14.6 Å². The molecule has 0 bridgehead atoms. The van der Waals surface area contributed by atoms with Crippen LogP contribution in [0.5, 0.6) is 0 Å². The third-order valence-electron chi connectivity index (χ3n) is 3.79. The molecule has 2 heterocycles. The Morgan fingerprint density at radius 2 is 2.18 bits per heavy atom. The van der Waals surface area contributed by atoms with E-state index in [0.717, 1.165) is 19.5 Å². The molecule has 1 N–H and O–H groups in total. The molecule has 0 radical (unpaired) electrons. The first kappa shape index (κ1) is 14.6. The molecule has 0 aliphatic carbocycles. The summed E-state index contributed by atoms with van der Waals surface area (Å²) in [5.41, 5.74) is 0.704. The number of nitro benzene ring substituents is 1. The molecule has 22 heavy (non-hydrogen) atoms. The number of hydrogen-bond acceptors (Lipinski definition) is 7. The van der Waals surface area contributed by atoms with E-state index < -0.39 is 4.92 Å². The third kappa shape index (κ3) is 3.12. The largest absolute Gasteiger partial charge is 0.396 e. The Morgan fingerprint density at radius 1 is 1.41 bits per heavy atom. The number of nitro groups is 1. The van der Waals surface area contributed by atoms with Crippen molar-refractivity contribution in [2.75, 3.05) is 19.7 Å². The fraction of sp³-hybridized carbons (Fsp3) is 0.429. The lowest BCUT2D eigenvalue weighted by molar-refractivity contribution is -0.384. The summed E-state index contributed by atoms with van der Waals surface area (Å²) in [6.45, 7) is 2.48. The lowest BCUT2D eigenvalue weighted by atomic mass is 10.1. The van der Waals surface area contributed by atoms with Crippen LogP contribution in [0.1, 0.15) is 12.3 Å². The van der Waals surface area contributed by atoms with E-state index in [4.69, 9.17) is 9.63 Å². The molecule has 0 amide bonds. The number of rotatable bonds is 5. The summed E-state index contributed by atoms with van der Waals surface area (Å²) in [7, 11) is 0. The summed E-state index contributed by atoms with van der Waals surface area (Å²) in [5, 5.41) is 23.7. The van der Waals surface area contributed by atoms with Crippen molar-refractivity contribution in [2.45, 2.75) is 13.0 Å². The molecule has 1 atom stereocenters. The number of benzene rings is 1. The topological polar surface area (TPSA) is 106 Å². The summed E-state index contributed by atoms with van der Waals surface area (Å²) >= 11 is 0. The number of likely N-dealkylation sites (tertiary alicyclic amines) is 1. The quantitative estimate of drug-likeness (QED) is 0.658. The van der Waals surface area contributed by atoms with Gasteiger partial charge in [0, 0.05) is 30.8 Å². The minimum absolute atomic E-state index is 0.0274. The van der Waals surface area contributed by atoms with Crippen molar-refractivity contribution in [1.29, 1.82) is 0 Å². The summed E-state index contributed by atoms with van der Waals surface area (Å²) in [5.74, 6) is 1.24. The Hall–Kier alpha value is -2.32. The first-order valence-electron chi connectivity index (χ1n) is 7.06. The summed E-state index contributed by atoms with van der Waals surface area (Å²) in [6, 6.07) is 6.03. The molecule has 1 aliphatic heterocycles. The van der Waals surface area contributed by atoms with Crippen LogP contribution in [0, 0.1) is 16.0 Å². The molecular formula is C14H16N4O4. The minimum atomic E-state index is -0.448. The van der Waals surface area contributed by atoms with E-state index in [1.807, 2.05) is 0 Å². The molecule has 0 spiro atoms. The smallest absolute Gasteiger partial charge is 0.269 e. The zero-order valence-corrected chi connectivity index (χ0v) is 11.9. The lowest BCUT2D eigenvalue weighted by Crippen LogP contribution is -2.21. The van der Waals surface area contributed by atoms with Gasteiger partial charge in [0.15, 0.2) is 0 Å². The molecule has 8 nitrogen and oxygen atoms in total. The highest BCUT2D eigenvalue weighted by atomic mass is 16.6. The van der Waals surface area contributed by atoms with Gasteiger partial charge in [0.2, 0.25) is 11.7 Å². The fourth-order valence-electron chi connectivity index (χ4n) is 2.57. The van der Waals surface area contributed by atoms with E-state index in [9.17, 15) is 10.1 Å². The number of nitrogens with zero attached hydrogens (tertiary/aromatic N) is 4. The number of aliphatic hydroxyl groups is 1. The van der Waals surface area contributed by atoms with Crippen LogP contribution in [0.3, 0.4) is 0 Å². The SMILES string of the molecule is O=[N+]([O-])c1ccc(-c2noc(CN3CCC(CO)C3)n2)cc1. The van der Waals surface area contributed by atoms with E-state index >= 15 is 0 Å². The van der Waals surface area contributed by atoms with Crippen molar-refractivity contribution in [2.24, 2.45) is 5.92 Å². The summed E-state index contributed by atoms with van der Waals surface area (Å²) in [4.78, 5) is 16.7. The van der Waals surface area contributed by atoms with Crippen LogP contribution < -0.4 is 0 Å². The number of hydrogen-bond donors (Lipinski definition) is 1. The minimum Gasteiger partial charge on any atom is -0.396 e. The number of aromatic nitrogens is 2. The van der Waals surface area contributed by atoms with Gasteiger partial charge in [-0.1, -0.05) is 5.16 Å². The summed E-state index contributed by atoms with van der Waals surface area (Å²) < 4.78 is 5.23.